The molecule has 2 rings (SSSR count). The molecule has 1 aromatic heterocycles. The summed E-state index contributed by atoms with van der Waals surface area (Å²) in [5.41, 5.74) is 0.818. The zero-order valence-corrected chi connectivity index (χ0v) is 10.1. The number of nitrogens with zero attached hydrogens (tertiary/aromatic N) is 3. The number of hydrogen-bond acceptors (Lipinski definition) is 4. The van der Waals surface area contributed by atoms with Gasteiger partial charge in [0.2, 0.25) is 5.91 Å². The molecular formula is C12H17N3O2. The normalized spacial score (nSPS) is 19.8. The van der Waals surface area contributed by atoms with Crippen LogP contribution in [0.3, 0.4) is 0 Å². The minimum Gasteiger partial charge on any atom is -0.396 e. The molecule has 0 aromatic carbocycles. The Bertz CT molecular complexity index is 420. The Morgan fingerprint density at radius 1 is 1.59 bits per heavy atom. The second-order valence-corrected chi connectivity index (χ2v) is 4.50. The Hall–Kier alpha value is -1.62. The van der Waals surface area contributed by atoms with Gasteiger partial charge >= 0.3 is 0 Å². The number of rotatable bonds is 3. The lowest BCUT2D eigenvalue weighted by Crippen LogP contribution is -2.27. The van der Waals surface area contributed by atoms with Crippen molar-refractivity contribution in [2.45, 2.75) is 6.42 Å². The Balaban J connectivity index is 2.31. The summed E-state index contributed by atoms with van der Waals surface area (Å²) in [5, 5.41) is 9.12. The molecular weight excluding hydrogens is 218 g/mol. The molecule has 5 nitrogen and oxygen atoms in total. The third-order valence-corrected chi connectivity index (χ3v) is 2.94. The van der Waals surface area contributed by atoms with Crippen molar-refractivity contribution in [1.29, 1.82) is 0 Å². The molecule has 0 bridgehead atoms. The van der Waals surface area contributed by atoms with E-state index in [-0.39, 0.29) is 18.4 Å². The summed E-state index contributed by atoms with van der Waals surface area (Å²) in [5.74, 6) is 0.873. The maximum absolute atomic E-state index is 11.9. The van der Waals surface area contributed by atoms with Crippen LogP contribution in [0.4, 0.5) is 11.5 Å². The molecule has 1 saturated heterocycles. The molecule has 0 aliphatic carbocycles. The van der Waals surface area contributed by atoms with Crippen LogP contribution in [0.2, 0.25) is 0 Å². The highest BCUT2D eigenvalue weighted by Gasteiger charge is 2.31. The third kappa shape index (κ3) is 2.24. The van der Waals surface area contributed by atoms with Crippen molar-refractivity contribution in [1.82, 2.24) is 4.98 Å². The minimum absolute atomic E-state index is 0.0396. The van der Waals surface area contributed by atoms with Gasteiger partial charge in [-0.05, 0) is 12.1 Å². The number of carbonyl (C=O) groups excluding carboxylic acids is 1. The second kappa shape index (κ2) is 4.71. The summed E-state index contributed by atoms with van der Waals surface area (Å²) in [7, 11) is 3.80. The average molecular weight is 235 g/mol. The fourth-order valence-electron chi connectivity index (χ4n) is 2.08. The second-order valence-electron chi connectivity index (χ2n) is 4.50. The molecule has 92 valence electrons. The van der Waals surface area contributed by atoms with Gasteiger partial charge in [0.1, 0.15) is 0 Å². The quantitative estimate of drug-likeness (QED) is 0.828. The van der Waals surface area contributed by atoms with Gasteiger partial charge in [-0.3, -0.25) is 4.79 Å². The van der Waals surface area contributed by atoms with Crippen molar-refractivity contribution >= 4 is 17.4 Å². The number of aliphatic hydroxyl groups is 1. The molecule has 2 heterocycles. The summed E-state index contributed by atoms with van der Waals surface area (Å²) < 4.78 is 0. The first kappa shape index (κ1) is 11.9. The Kier molecular flexibility index (Phi) is 3.28. The number of pyridine rings is 1. The molecule has 1 aliphatic heterocycles. The van der Waals surface area contributed by atoms with Crippen LogP contribution >= 0.6 is 0 Å². The summed E-state index contributed by atoms with van der Waals surface area (Å²) in [6, 6.07) is 3.71. The first-order valence-corrected chi connectivity index (χ1v) is 5.67. The summed E-state index contributed by atoms with van der Waals surface area (Å²) >= 11 is 0. The smallest absolute Gasteiger partial charge is 0.227 e. The van der Waals surface area contributed by atoms with E-state index >= 15 is 0 Å². The van der Waals surface area contributed by atoms with Gasteiger partial charge in [-0.15, -0.1) is 0 Å². The highest BCUT2D eigenvalue weighted by atomic mass is 16.3. The average Bonchev–Trinajstić information content (AvgIpc) is 2.70. The number of aliphatic hydroxyl groups excluding tert-OH is 1. The van der Waals surface area contributed by atoms with E-state index in [0.717, 1.165) is 11.5 Å². The van der Waals surface area contributed by atoms with Crippen LogP contribution in [-0.2, 0) is 4.79 Å². The van der Waals surface area contributed by atoms with E-state index in [0.29, 0.717) is 13.0 Å². The Morgan fingerprint density at radius 2 is 2.35 bits per heavy atom. The predicted octanol–water partition coefficient (Wildman–Crippen LogP) is 0.493. The first-order valence-electron chi connectivity index (χ1n) is 5.67. The van der Waals surface area contributed by atoms with Gasteiger partial charge in [0.25, 0.3) is 0 Å². The molecule has 0 saturated carbocycles. The standard InChI is InChI=1S/C12H17N3O2/c1-14(2)12-10(4-3-5-13-12)15-7-9(8-16)6-11(15)17/h3-5,9,16H,6-8H2,1-2H3. The van der Waals surface area contributed by atoms with Crippen LogP contribution in [0.25, 0.3) is 0 Å². The van der Waals surface area contributed by atoms with E-state index in [1.165, 1.54) is 0 Å². The van der Waals surface area contributed by atoms with Crippen LogP contribution in [-0.4, -0.2) is 43.2 Å². The number of anilines is 2. The lowest BCUT2D eigenvalue weighted by Gasteiger charge is -2.22. The largest absolute Gasteiger partial charge is 0.396 e. The molecule has 1 unspecified atom stereocenters. The molecule has 5 heteroatoms. The van der Waals surface area contributed by atoms with E-state index in [1.54, 1.807) is 11.1 Å². The highest BCUT2D eigenvalue weighted by molar-refractivity contribution is 5.98. The molecule has 1 atom stereocenters. The van der Waals surface area contributed by atoms with Gasteiger partial charge in [-0.2, -0.15) is 0 Å². The lowest BCUT2D eigenvalue weighted by atomic mass is 10.1. The Morgan fingerprint density at radius 3 is 2.94 bits per heavy atom. The molecule has 1 amide bonds. The fraction of sp³-hybridized carbons (Fsp3) is 0.500. The lowest BCUT2D eigenvalue weighted by molar-refractivity contribution is -0.117. The van der Waals surface area contributed by atoms with Crippen LogP contribution in [0.1, 0.15) is 6.42 Å². The number of carbonyl (C=O) groups is 1. The van der Waals surface area contributed by atoms with Gasteiger partial charge in [0.05, 0.1) is 5.69 Å². The first-order chi connectivity index (χ1) is 8.13. The Labute approximate surface area is 101 Å². The summed E-state index contributed by atoms with van der Waals surface area (Å²) in [4.78, 5) is 19.8. The van der Waals surface area contributed by atoms with Gasteiger partial charge in [-0.1, -0.05) is 0 Å². The predicted molar refractivity (Wildman–Crippen MR) is 66.1 cm³/mol. The van der Waals surface area contributed by atoms with Gasteiger partial charge in [0, 0.05) is 45.8 Å². The summed E-state index contributed by atoms with van der Waals surface area (Å²) in [6.45, 7) is 0.627. The molecule has 1 fully saturated rings. The zero-order valence-electron chi connectivity index (χ0n) is 10.1. The van der Waals surface area contributed by atoms with E-state index in [1.807, 2.05) is 31.1 Å². The van der Waals surface area contributed by atoms with Gasteiger partial charge in [-0.25, -0.2) is 4.98 Å². The van der Waals surface area contributed by atoms with Crippen molar-refractivity contribution in [3.05, 3.63) is 18.3 Å². The maximum Gasteiger partial charge on any atom is 0.227 e. The van der Waals surface area contributed by atoms with E-state index < -0.39 is 0 Å². The van der Waals surface area contributed by atoms with Crippen molar-refractivity contribution in [3.63, 3.8) is 0 Å². The molecule has 0 spiro atoms. The monoisotopic (exact) mass is 235 g/mol. The number of hydrogen-bond donors (Lipinski definition) is 1. The van der Waals surface area contributed by atoms with Crippen LogP contribution in [0, 0.1) is 5.92 Å². The van der Waals surface area contributed by atoms with Crippen LogP contribution < -0.4 is 9.80 Å². The van der Waals surface area contributed by atoms with Gasteiger partial charge in [0.15, 0.2) is 5.82 Å². The highest BCUT2D eigenvalue weighted by Crippen LogP contribution is 2.30. The van der Waals surface area contributed by atoms with Crippen molar-refractivity contribution < 1.29 is 9.90 Å². The van der Waals surface area contributed by atoms with Crippen molar-refractivity contribution in [2.75, 3.05) is 37.0 Å². The molecule has 1 aromatic rings. The van der Waals surface area contributed by atoms with Crippen LogP contribution in [0.5, 0.6) is 0 Å². The zero-order chi connectivity index (χ0) is 12.4. The van der Waals surface area contributed by atoms with Crippen molar-refractivity contribution in [3.8, 4) is 0 Å². The topological polar surface area (TPSA) is 56.7 Å². The van der Waals surface area contributed by atoms with E-state index in [9.17, 15) is 4.79 Å². The fourth-order valence-corrected chi connectivity index (χ4v) is 2.08. The summed E-state index contributed by atoms with van der Waals surface area (Å²) in [6.07, 6.45) is 2.13. The number of aromatic nitrogens is 1. The molecule has 1 N–H and O–H groups in total. The molecule has 17 heavy (non-hydrogen) atoms. The minimum atomic E-state index is 0.0396. The SMILES string of the molecule is CN(C)c1ncccc1N1CC(CO)CC1=O. The molecule has 1 aliphatic rings. The number of amides is 1. The molecule has 0 radical (unpaired) electrons. The third-order valence-electron chi connectivity index (χ3n) is 2.94. The maximum atomic E-state index is 11.9. The van der Waals surface area contributed by atoms with E-state index in [2.05, 4.69) is 4.98 Å². The van der Waals surface area contributed by atoms with E-state index in [4.69, 9.17) is 5.11 Å². The van der Waals surface area contributed by atoms with Crippen molar-refractivity contribution in [2.24, 2.45) is 5.92 Å². The van der Waals surface area contributed by atoms with Gasteiger partial charge < -0.3 is 14.9 Å². The van der Waals surface area contributed by atoms with Crippen LogP contribution in [0.15, 0.2) is 18.3 Å².